The van der Waals surface area contributed by atoms with Crippen molar-refractivity contribution in [1.29, 1.82) is 0 Å². The van der Waals surface area contributed by atoms with Crippen LogP contribution < -0.4 is 9.47 Å². The molecule has 1 aliphatic rings. The summed E-state index contributed by atoms with van der Waals surface area (Å²) in [5.41, 5.74) is 6.05. The lowest BCUT2D eigenvalue weighted by atomic mass is 9.88. The predicted molar refractivity (Wildman–Crippen MR) is 117 cm³/mol. The summed E-state index contributed by atoms with van der Waals surface area (Å²) in [5, 5.41) is 10.4. The molecular formula is C24H30N2O3. The first-order chi connectivity index (χ1) is 14.1. The Balaban J connectivity index is 1.63. The van der Waals surface area contributed by atoms with Crippen LogP contribution in [-0.4, -0.2) is 55.5 Å². The van der Waals surface area contributed by atoms with Crippen molar-refractivity contribution in [3.05, 3.63) is 47.5 Å². The molecule has 0 atom stereocenters. The lowest BCUT2D eigenvalue weighted by Crippen LogP contribution is -2.34. The summed E-state index contributed by atoms with van der Waals surface area (Å²) in [5.74, 6) is 2.06. The summed E-state index contributed by atoms with van der Waals surface area (Å²) < 4.78 is 10.8. The minimum absolute atomic E-state index is 0.248. The van der Waals surface area contributed by atoms with E-state index >= 15 is 0 Å². The third-order valence-electron chi connectivity index (χ3n) is 6.23. The Bertz CT molecular complexity index is 987. The van der Waals surface area contributed by atoms with Crippen molar-refractivity contribution < 1.29 is 14.6 Å². The fraction of sp³-hybridized carbons (Fsp3) is 0.417. The second-order valence-electron chi connectivity index (χ2n) is 7.84. The minimum atomic E-state index is 0.248. The maximum atomic E-state index is 9.15. The number of methoxy groups -OCH3 is 2. The van der Waals surface area contributed by atoms with Gasteiger partial charge in [0.2, 0.25) is 0 Å². The summed E-state index contributed by atoms with van der Waals surface area (Å²) >= 11 is 0. The SMILES string of the molecule is COc1ccc(-c2[nH]c3ccc(C4CCN(CCO)CC4)cc3c2C)cc1OC. The molecule has 0 bridgehead atoms. The van der Waals surface area contributed by atoms with E-state index in [1.807, 2.05) is 12.1 Å². The molecule has 0 aliphatic carbocycles. The number of piperidine rings is 1. The topological polar surface area (TPSA) is 57.7 Å². The first-order valence-corrected chi connectivity index (χ1v) is 10.3. The molecule has 4 rings (SSSR count). The fourth-order valence-electron chi connectivity index (χ4n) is 4.51. The second kappa shape index (κ2) is 8.47. The molecule has 29 heavy (non-hydrogen) atoms. The van der Waals surface area contributed by atoms with Crippen LogP contribution in [0.2, 0.25) is 0 Å². The number of fused-ring (bicyclic) bond motifs is 1. The van der Waals surface area contributed by atoms with Gasteiger partial charge in [0.1, 0.15) is 0 Å². The standard InChI is InChI=1S/C24H30N2O3/c1-16-20-14-18(17-8-10-26(11-9-17)12-13-27)4-6-21(20)25-24(16)19-5-7-22(28-2)23(15-19)29-3/h4-7,14-15,17,25,27H,8-13H2,1-3H3. The van der Waals surface area contributed by atoms with Gasteiger partial charge in [-0.1, -0.05) is 6.07 Å². The number of benzene rings is 2. The van der Waals surface area contributed by atoms with Crippen molar-refractivity contribution in [2.45, 2.75) is 25.7 Å². The molecule has 154 valence electrons. The lowest BCUT2D eigenvalue weighted by Gasteiger charge is -2.31. The molecule has 2 aromatic carbocycles. The average Bonchev–Trinajstić information content (AvgIpc) is 3.10. The van der Waals surface area contributed by atoms with Gasteiger partial charge in [-0.15, -0.1) is 0 Å². The molecule has 2 N–H and O–H groups in total. The van der Waals surface area contributed by atoms with E-state index in [4.69, 9.17) is 14.6 Å². The van der Waals surface area contributed by atoms with Crippen LogP contribution in [0, 0.1) is 6.92 Å². The smallest absolute Gasteiger partial charge is 0.161 e. The second-order valence-corrected chi connectivity index (χ2v) is 7.84. The number of aromatic amines is 1. The van der Waals surface area contributed by atoms with Gasteiger partial charge in [0.25, 0.3) is 0 Å². The Hall–Kier alpha value is -2.50. The van der Waals surface area contributed by atoms with Gasteiger partial charge in [-0.3, -0.25) is 0 Å². The molecule has 2 heterocycles. The van der Waals surface area contributed by atoms with Crippen molar-refractivity contribution in [3.63, 3.8) is 0 Å². The van der Waals surface area contributed by atoms with E-state index in [1.54, 1.807) is 14.2 Å². The Labute approximate surface area is 172 Å². The Morgan fingerprint density at radius 2 is 1.79 bits per heavy atom. The van der Waals surface area contributed by atoms with E-state index in [0.29, 0.717) is 5.92 Å². The molecule has 5 nitrogen and oxygen atoms in total. The van der Waals surface area contributed by atoms with E-state index in [-0.39, 0.29) is 6.61 Å². The normalized spacial score (nSPS) is 15.7. The zero-order valence-electron chi connectivity index (χ0n) is 17.5. The fourth-order valence-corrected chi connectivity index (χ4v) is 4.51. The van der Waals surface area contributed by atoms with Gasteiger partial charge in [-0.05, 0) is 80.2 Å². The van der Waals surface area contributed by atoms with Crippen LogP contribution in [0.1, 0.15) is 29.9 Å². The Kier molecular flexibility index (Phi) is 5.79. The highest BCUT2D eigenvalue weighted by molar-refractivity contribution is 5.91. The number of nitrogens with zero attached hydrogens (tertiary/aromatic N) is 1. The highest BCUT2D eigenvalue weighted by atomic mass is 16.5. The van der Waals surface area contributed by atoms with Crippen LogP contribution in [0.25, 0.3) is 22.2 Å². The van der Waals surface area contributed by atoms with Gasteiger partial charge in [0.05, 0.1) is 20.8 Å². The van der Waals surface area contributed by atoms with Gasteiger partial charge in [-0.25, -0.2) is 0 Å². The summed E-state index contributed by atoms with van der Waals surface area (Å²) in [7, 11) is 3.32. The van der Waals surface area contributed by atoms with Crippen molar-refractivity contribution in [1.82, 2.24) is 9.88 Å². The maximum absolute atomic E-state index is 9.15. The Morgan fingerprint density at radius 1 is 1.03 bits per heavy atom. The number of aliphatic hydroxyl groups excluding tert-OH is 1. The zero-order chi connectivity index (χ0) is 20.4. The predicted octanol–water partition coefficient (Wildman–Crippen LogP) is 4.33. The van der Waals surface area contributed by atoms with Crippen molar-refractivity contribution in [3.8, 4) is 22.8 Å². The lowest BCUT2D eigenvalue weighted by molar-refractivity contribution is 0.164. The monoisotopic (exact) mass is 394 g/mol. The maximum Gasteiger partial charge on any atom is 0.161 e. The molecule has 0 amide bonds. The van der Waals surface area contributed by atoms with Gasteiger partial charge in [0.15, 0.2) is 11.5 Å². The van der Waals surface area contributed by atoms with E-state index in [1.165, 1.54) is 16.5 Å². The molecule has 0 radical (unpaired) electrons. The van der Waals surface area contributed by atoms with Crippen molar-refractivity contribution in [2.24, 2.45) is 0 Å². The molecule has 1 aliphatic heterocycles. The number of aryl methyl sites for hydroxylation is 1. The van der Waals surface area contributed by atoms with Crippen molar-refractivity contribution in [2.75, 3.05) is 40.5 Å². The number of aromatic nitrogens is 1. The van der Waals surface area contributed by atoms with Crippen LogP contribution in [0.5, 0.6) is 11.5 Å². The average molecular weight is 395 g/mol. The highest BCUT2D eigenvalue weighted by Gasteiger charge is 2.21. The number of aliphatic hydroxyl groups is 1. The minimum Gasteiger partial charge on any atom is -0.493 e. The molecule has 0 unspecified atom stereocenters. The highest BCUT2D eigenvalue weighted by Crippen LogP contribution is 2.37. The molecule has 3 aromatic rings. The van der Waals surface area contributed by atoms with Crippen LogP contribution in [0.15, 0.2) is 36.4 Å². The molecule has 0 saturated carbocycles. The van der Waals surface area contributed by atoms with E-state index in [9.17, 15) is 0 Å². The summed E-state index contributed by atoms with van der Waals surface area (Å²) in [6.07, 6.45) is 2.30. The number of nitrogens with one attached hydrogen (secondary N) is 1. The summed E-state index contributed by atoms with van der Waals surface area (Å²) in [6, 6.07) is 12.9. The van der Waals surface area contributed by atoms with E-state index in [0.717, 1.165) is 60.7 Å². The molecule has 5 heteroatoms. The number of likely N-dealkylation sites (tertiary alicyclic amines) is 1. The first kappa shape index (κ1) is 19.8. The number of β-amino-alcohol motifs (C(OH)–C–C–N with tert-alkyl or cyclic N) is 1. The van der Waals surface area contributed by atoms with Crippen LogP contribution in [-0.2, 0) is 0 Å². The quantitative estimate of drug-likeness (QED) is 0.653. The number of hydrogen-bond donors (Lipinski definition) is 2. The van der Waals surface area contributed by atoms with E-state index in [2.05, 4.69) is 41.1 Å². The van der Waals surface area contributed by atoms with Crippen LogP contribution in [0.4, 0.5) is 0 Å². The van der Waals surface area contributed by atoms with Crippen LogP contribution in [0.3, 0.4) is 0 Å². The van der Waals surface area contributed by atoms with Crippen molar-refractivity contribution >= 4 is 10.9 Å². The number of H-pyrrole nitrogens is 1. The molecule has 1 saturated heterocycles. The van der Waals surface area contributed by atoms with Gasteiger partial charge in [0, 0.05) is 28.7 Å². The summed E-state index contributed by atoms with van der Waals surface area (Å²) in [6.45, 7) is 5.34. The van der Waals surface area contributed by atoms with Gasteiger partial charge >= 0.3 is 0 Å². The third-order valence-corrected chi connectivity index (χ3v) is 6.23. The zero-order valence-corrected chi connectivity index (χ0v) is 17.5. The molecule has 1 aromatic heterocycles. The van der Waals surface area contributed by atoms with Gasteiger partial charge < -0.3 is 24.5 Å². The number of hydrogen-bond acceptors (Lipinski definition) is 4. The number of rotatable bonds is 6. The third kappa shape index (κ3) is 3.85. The summed E-state index contributed by atoms with van der Waals surface area (Å²) in [4.78, 5) is 5.94. The molecule has 0 spiro atoms. The number of ether oxygens (including phenoxy) is 2. The Morgan fingerprint density at radius 3 is 2.48 bits per heavy atom. The van der Waals surface area contributed by atoms with Crippen LogP contribution >= 0.6 is 0 Å². The van der Waals surface area contributed by atoms with Gasteiger partial charge in [-0.2, -0.15) is 0 Å². The molecule has 1 fully saturated rings. The van der Waals surface area contributed by atoms with E-state index < -0.39 is 0 Å². The molecular weight excluding hydrogens is 364 g/mol. The first-order valence-electron chi connectivity index (χ1n) is 10.3. The largest absolute Gasteiger partial charge is 0.493 e.